The van der Waals surface area contributed by atoms with Crippen molar-refractivity contribution in [3.05, 3.63) is 136 Å². The lowest BCUT2D eigenvalue weighted by atomic mass is 9.99. The summed E-state index contributed by atoms with van der Waals surface area (Å²) in [7, 11) is 0. The van der Waals surface area contributed by atoms with Crippen molar-refractivity contribution >= 4 is 40.0 Å². The first kappa shape index (κ1) is 32.0. The molecule has 0 radical (unpaired) electrons. The fraction of sp³-hybridized carbons (Fsp3) is 0.216. The molecular formula is C37H33N5O4S2. The van der Waals surface area contributed by atoms with Gasteiger partial charge in [-0.3, -0.25) is 9.78 Å². The van der Waals surface area contributed by atoms with Crippen molar-refractivity contribution < 1.29 is 19.4 Å². The van der Waals surface area contributed by atoms with Crippen molar-refractivity contribution in [2.75, 3.05) is 5.75 Å². The van der Waals surface area contributed by atoms with E-state index in [0.717, 1.165) is 54.0 Å². The Hall–Kier alpha value is -4.52. The molecule has 0 saturated carbocycles. The number of hydrogen-bond acceptors (Lipinski definition) is 10. The van der Waals surface area contributed by atoms with E-state index in [2.05, 4.69) is 49.7 Å². The van der Waals surface area contributed by atoms with E-state index < -0.39 is 6.29 Å². The van der Waals surface area contributed by atoms with Crippen LogP contribution in [0.4, 0.5) is 0 Å². The lowest BCUT2D eigenvalue weighted by Gasteiger charge is -2.36. The molecule has 0 spiro atoms. The number of aromatic nitrogens is 4. The van der Waals surface area contributed by atoms with Crippen molar-refractivity contribution in [1.29, 1.82) is 0 Å². The second kappa shape index (κ2) is 14.7. The molecule has 9 nitrogen and oxygen atoms in total. The maximum absolute atomic E-state index is 12.8. The van der Waals surface area contributed by atoms with E-state index in [0.29, 0.717) is 18.5 Å². The van der Waals surface area contributed by atoms with Crippen molar-refractivity contribution in [2.45, 2.75) is 49.3 Å². The number of aliphatic hydroxyl groups is 1. The van der Waals surface area contributed by atoms with Gasteiger partial charge in [0.05, 0.1) is 36.0 Å². The third-order valence-electron chi connectivity index (χ3n) is 8.09. The Morgan fingerprint density at radius 2 is 1.69 bits per heavy atom. The second-order valence-corrected chi connectivity index (χ2v) is 13.9. The van der Waals surface area contributed by atoms with E-state index in [9.17, 15) is 9.90 Å². The third-order valence-corrected chi connectivity index (χ3v) is 10.2. The summed E-state index contributed by atoms with van der Waals surface area (Å²) in [5, 5.41) is 21.8. The zero-order valence-corrected chi connectivity index (χ0v) is 27.8. The molecule has 1 amide bonds. The minimum Gasteiger partial charge on any atom is -0.392 e. The Morgan fingerprint density at radius 1 is 0.896 bits per heavy atom. The highest BCUT2D eigenvalue weighted by Crippen LogP contribution is 2.40. The van der Waals surface area contributed by atoms with Crippen LogP contribution in [0.1, 0.15) is 56.6 Å². The minimum absolute atomic E-state index is 0.00246. The van der Waals surface area contributed by atoms with Crippen molar-refractivity contribution in [3.63, 3.8) is 0 Å². The maximum Gasteiger partial charge on any atom is 0.271 e. The van der Waals surface area contributed by atoms with E-state index in [-0.39, 0.29) is 30.4 Å². The molecule has 1 saturated heterocycles. The standard InChI is InChI=1S/C37H33N5O4S2/c1-23-41-42-37(48-23)47-22-30-18-34(27-11-9-24(21-43)10-12-27)46-36(45-30)28-15-13-26(14-16-28)29-6-4-5-25(17-29)19-39-35(44)33-20-38-31-7-2-3-8-32(31)40-33/h2-17,20,30,34,36,43H,18-19,21-22H2,1H3,(H,39,44)/t30-,34+,36+/m1/s1. The molecule has 0 aliphatic carbocycles. The summed E-state index contributed by atoms with van der Waals surface area (Å²) in [6, 6.07) is 31.7. The maximum atomic E-state index is 12.8. The summed E-state index contributed by atoms with van der Waals surface area (Å²) in [5.74, 6) is 0.461. The van der Waals surface area contributed by atoms with Crippen LogP contribution in [-0.2, 0) is 22.6 Å². The monoisotopic (exact) mass is 675 g/mol. The Balaban J connectivity index is 1.03. The fourth-order valence-corrected chi connectivity index (χ4v) is 7.42. The van der Waals surface area contributed by atoms with E-state index >= 15 is 0 Å². The van der Waals surface area contributed by atoms with Crippen LogP contribution in [0, 0.1) is 6.92 Å². The predicted octanol–water partition coefficient (Wildman–Crippen LogP) is 7.22. The molecule has 1 aliphatic rings. The Morgan fingerprint density at radius 3 is 2.46 bits per heavy atom. The van der Waals surface area contributed by atoms with Gasteiger partial charge >= 0.3 is 0 Å². The molecule has 2 aromatic heterocycles. The summed E-state index contributed by atoms with van der Waals surface area (Å²) in [4.78, 5) is 21.6. The molecule has 2 N–H and O–H groups in total. The highest BCUT2D eigenvalue weighted by Gasteiger charge is 2.32. The zero-order chi connectivity index (χ0) is 32.9. The molecule has 7 rings (SSSR count). The van der Waals surface area contributed by atoms with Crippen LogP contribution in [0.5, 0.6) is 0 Å². The summed E-state index contributed by atoms with van der Waals surface area (Å²) < 4.78 is 14.0. The molecule has 48 heavy (non-hydrogen) atoms. The van der Waals surface area contributed by atoms with Crippen LogP contribution in [0.2, 0.25) is 0 Å². The summed E-state index contributed by atoms with van der Waals surface area (Å²) >= 11 is 3.24. The summed E-state index contributed by atoms with van der Waals surface area (Å²) in [5.41, 5.74) is 7.61. The van der Waals surface area contributed by atoms with Gasteiger partial charge in [-0.25, -0.2) is 4.98 Å². The summed E-state index contributed by atoms with van der Waals surface area (Å²) in [6.07, 6.45) is 1.44. The van der Waals surface area contributed by atoms with Crippen LogP contribution in [0.25, 0.3) is 22.2 Å². The average Bonchev–Trinajstić information content (AvgIpc) is 3.57. The number of fused-ring (bicyclic) bond motifs is 1. The van der Waals surface area contributed by atoms with Crippen molar-refractivity contribution in [3.8, 4) is 11.1 Å². The molecule has 4 aromatic carbocycles. The molecule has 0 unspecified atom stereocenters. The van der Waals surface area contributed by atoms with Gasteiger partial charge in [-0.05, 0) is 52.9 Å². The number of amides is 1. The number of hydrogen-bond donors (Lipinski definition) is 2. The number of aryl methyl sites for hydroxylation is 1. The number of ether oxygens (including phenoxy) is 2. The first-order valence-corrected chi connectivity index (χ1v) is 17.4. The predicted molar refractivity (Wildman–Crippen MR) is 186 cm³/mol. The van der Waals surface area contributed by atoms with Crippen LogP contribution in [0.15, 0.2) is 108 Å². The SMILES string of the molecule is Cc1nnc(SC[C@H]2C[C@@H](c3ccc(CO)cc3)O[C@@H](c3ccc(-c4cccc(CNC(=O)c5cnc6ccccc6n5)c4)cc3)O2)s1. The number of para-hydroxylation sites is 2. The molecule has 11 heteroatoms. The van der Waals surface area contributed by atoms with Gasteiger partial charge in [0.1, 0.15) is 10.7 Å². The van der Waals surface area contributed by atoms with Gasteiger partial charge in [0, 0.05) is 24.3 Å². The second-order valence-electron chi connectivity index (χ2n) is 11.5. The molecule has 3 heterocycles. The molecule has 242 valence electrons. The largest absolute Gasteiger partial charge is 0.392 e. The third kappa shape index (κ3) is 7.61. The summed E-state index contributed by atoms with van der Waals surface area (Å²) in [6.45, 7) is 2.32. The van der Waals surface area contributed by atoms with Crippen LogP contribution in [-0.4, -0.2) is 43.0 Å². The smallest absolute Gasteiger partial charge is 0.271 e. The van der Waals surface area contributed by atoms with E-state index in [1.54, 1.807) is 23.1 Å². The number of carbonyl (C=O) groups excluding carboxylic acids is 1. The van der Waals surface area contributed by atoms with E-state index in [4.69, 9.17) is 9.47 Å². The number of benzene rings is 4. The average molecular weight is 676 g/mol. The van der Waals surface area contributed by atoms with Crippen molar-refractivity contribution in [2.24, 2.45) is 0 Å². The van der Waals surface area contributed by atoms with Gasteiger partial charge in [0.25, 0.3) is 5.91 Å². The fourth-order valence-electron chi connectivity index (χ4n) is 5.56. The van der Waals surface area contributed by atoms with Gasteiger partial charge < -0.3 is 19.9 Å². The molecule has 6 aromatic rings. The molecule has 1 fully saturated rings. The van der Waals surface area contributed by atoms with Gasteiger partial charge in [0.2, 0.25) is 0 Å². The van der Waals surface area contributed by atoms with Gasteiger partial charge in [0.15, 0.2) is 10.6 Å². The Labute approximate surface area is 286 Å². The van der Waals surface area contributed by atoms with Crippen molar-refractivity contribution in [1.82, 2.24) is 25.5 Å². The quantitative estimate of drug-likeness (QED) is 0.145. The van der Waals surface area contributed by atoms with Gasteiger partial charge in [-0.15, -0.1) is 10.2 Å². The zero-order valence-electron chi connectivity index (χ0n) is 26.2. The van der Waals surface area contributed by atoms with Gasteiger partial charge in [-0.2, -0.15) is 0 Å². The Kier molecular flexibility index (Phi) is 9.82. The van der Waals surface area contributed by atoms with E-state index in [1.807, 2.05) is 79.7 Å². The lowest BCUT2D eigenvalue weighted by molar-refractivity contribution is -0.245. The normalized spacial score (nSPS) is 17.8. The van der Waals surface area contributed by atoms with Crippen LogP contribution >= 0.6 is 23.1 Å². The molecule has 0 bridgehead atoms. The number of rotatable bonds is 10. The Bertz CT molecular complexity index is 2020. The number of carbonyl (C=O) groups is 1. The highest BCUT2D eigenvalue weighted by molar-refractivity contribution is 8.01. The number of thioether (sulfide) groups is 1. The molecular weight excluding hydrogens is 643 g/mol. The first-order valence-electron chi connectivity index (χ1n) is 15.6. The number of nitrogens with zero attached hydrogens (tertiary/aromatic N) is 4. The number of aliphatic hydroxyl groups excluding tert-OH is 1. The van der Waals surface area contributed by atoms with Crippen LogP contribution < -0.4 is 5.32 Å². The highest BCUT2D eigenvalue weighted by atomic mass is 32.2. The first-order chi connectivity index (χ1) is 23.5. The topological polar surface area (TPSA) is 119 Å². The number of nitrogens with one attached hydrogen (secondary N) is 1. The minimum atomic E-state index is -0.545. The van der Waals surface area contributed by atoms with Crippen LogP contribution in [0.3, 0.4) is 0 Å². The lowest BCUT2D eigenvalue weighted by Crippen LogP contribution is -2.31. The van der Waals surface area contributed by atoms with Gasteiger partial charge in [-0.1, -0.05) is 102 Å². The molecule has 3 atom stereocenters. The van der Waals surface area contributed by atoms with E-state index in [1.165, 1.54) is 6.20 Å². The molecule has 1 aliphatic heterocycles.